The van der Waals surface area contributed by atoms with Crippen LogP contribution in [0, 0.1) is 12.7 Å². The normalized spacial score (nSPS) is 10.6. The lowest BCUT2D eigenvalue weighted by molar-refractivity contribution is 0.613. The van der Waals surface area contributed by atoms with E-state index in [-0.39, 0.29) is 5.82 Å². The van der Waals surface area contributed by atoms with E-state index in [1.165, 1.54) is 6.07 Å². The topological polar surface area (TPSA) is 37.8 Å². The van der Waals surface area contributed by atoms with E-state index in [0.29, 0.717) is 17.6 Å². The number of rotatable bonds is 4. The molecule has 0 saturated heterocycles. The molecule has 0 amide bonds. The number of hydrogen-bond donors (Lipinski definition) is 1. The lowest BCUT2D eigenvalue weighted by Crippen LogP contribution is -2.14. The molecule has 0 saturated carbocycles. The quantitative estimate of drug-likeness (QED) is 0.943. The fraction of sp³-hybridized carbons (Fsp3) is 0.231. The molecule has 0 aliphatic rings. The summed E-state index contributed by atoms with van der Waals surface area (Å²) in [4.78, 5) is 8.31. The molecule has 2 aromatic rings. The molecular formula is C13H13BrFN3. The third kappa shape index (κ3) is 3.58. The number of nitrogens with zero attached hydrogens (tertiary/aromatic N) is 2. The van der Waals surface area contributed by atoms with Crippen LogP contribution in [0.4, 0.5) is 4.39 Å². The summed E-state index contributed by atoms with van der Waals surface area (Å²) < 4.78 is 13.8. The number of hydrogen-bond acceptors (Lipinski definition) is 3. The number of aryl methyl sites for hydroxylation is 1. The highest BCUT2D eigenvalue weighted by Crippen LogP contribution is 2.16. The Kier molecular flexibility index (Phi) is 4.38. The summed E-state index contributed by atoms with van der Waals surface area (Å²) in [6.45, 7) is 3.10. The smallest absolute Gasteiger partial charge is 0.137 e. The number of halogens is 2. The molecule has 5 heteroatoms. The van der Waals surface area contributed by atoms with Crippen LogP contribution >= 0.6 is 15.9 Å². The predicted molar refractivity (Wildman–Crippen MR) is 71.4 cm³/mol. The summed E-state index contributed by atoms with van der Waals surface area (Å²) in [5, 5.41) is 3.22. The highest BCUT2D eigenvalue weighted by Gasteiger charge is 2.01. The Morgan fingerprint density at radius 3 is 2.83 bits per heavy atom. The second kappa shape index (κ2) is 6.02. The lowest BCUT2D eigenvalue weighted by atomic mass is 10.2. The maximum absolute atomic E-state index is 13.3. The number of nitrogens with one attached hydrogen (secondary N) is 1. The Morgan fingerprint density at radius 1 is 1.28 bits per heavy atom. The number of benzene rings is 1. The predicted octanol–water partition coefficient (Wildman–Crippen LogP) is 2.98. The SMILES string of the molecule is Cc1nccc(CNCc2ccc(Br)c(F)c2)n1. The van der Waals surface area contributed by atoms with E-state index in [4.69, 9.17) is 0 Å². The first-order chi connectivity index (χ1) is 8.65. The van der Waals surface area contributed by atoms with E-state index in [1.807, 2.05) is 19.1 Å². The minimum Gasteiger partial charge on any atom is -0.307 e. The van der Waals surface area contributed by atoms with Crippen molar-refractivity contribution in [3.8, 4) is 0 Å². The second-order valence-corrected chi connectivity index (χ2v) is 4.80. The molecule has 1 heterocycles. The minimum absolute atomic E-state index is 0.243. The van der Waals surface area contributed by atoms with Gasteiger partial charge >= 0.3 is 0 Å². The summed E-state index contributed by atoms with van der Waals surface area (Å²) in [6.07, 6.45) is 1.73. The largest absolute Gasteiger partial charge is 0.307 e. The molecule has 2 rings (SSSR count). The van der Waals surface area contributed by atoms with Gasteiger partial charge in [-0.2, -0.15) is 0 Å². The molecule has 94 valence electrons. The highest BCUT2D eigenvalue weighted by molar-refractivity contribution is 9.10. The van der Waals surface area contributed by atoms with Crippen LogP contribution in [0.3, 0.4) is 0 Å². The molecule has 18 heavy (non-hydrogen) atoms. The van der Waals surface area contributed by atoms with Crippen LogP contribution in [0.2, 0.25) is 0 Å². The summed E-state index contributed by atoms with van der Waals surface area (Å²) in [7, 11) is 0. The van der Waals surface area contributed by atoms with E-state index in [0.717, 1.165) is 17.1 Å². The molecule has 0 atom stereocenters. The minimum atomic E-state index is -0.243. The Bertz CT molecular complexity index is 546. The number of aromatic nitrogens is 2. The van der Waals surface area contributed by atoms with Gasteiger partial charge in [-0.25, -0.2) is 14.4 Å². The molecule has 0 fully saturated rings. The maximum Gasteiger partial charge on any atom is 0.137 e. The molecule has 0 aliphatic carbocycles. The van der Waals surface area contributed by atoms with Gasteiger partial charge in [-0.15, -0.1) is 0 Å². The monoisotopic (exact) mass is 309 g/mol. The standard InChI is InChI=1S/C13H13BrFN3/c1-9-17-5-4-11(18-9)8-16-7-10-2-3-12(14)13(15)6-10/h2-6,16H,7-8H2,1H3. The zero-order chi connectivity index (χ0) is 13.0. The lowest BCUT2D eigenvalue weighted by Gasteiger charge is -2.05. The molecule has 1 aromatic heterocycles. The van der Waals surface area contributed by atoms with E-state index in [2.05, 4.69) is 31.2 Å². The summed E-state index contributed by atoms with van der Waals surface area (Å²) in [5.74, 6) is 0.510. The molecule has 0 bridgehead atoms. The molecule has 3 nitrogen and oxygen atoms in total. The molecule has 0 unspecified atom stereocenters. The molecular weight excluding hydrogens is 297 g/mol. The van der Waals surface area contributed by atoms with Crippen molar-refractivity contribution in [3.05, 3.63) is 57.8 Å². The van der Waals surface area contributed by atoms with Gasteiger partial charge in [0.05, 0.1) is 10.2 Å². The summed E-state index contributed by atoms with van der Waals surface area (Å²) in [6, 6.07) is 6.97. The van der Waals surface area contributed by atoms with Crippen LogP contribution in [0.15, 0.2) is 34.9 Å². The third-order valence-corrected chi connectivity index (χ3v) is 3.10. The van der Waals surface area contributed by atoms with Gasteiger partial charge in [0.15, 0.2) is 0 Å². The van der Waals surface area contributed by atoms with Crippen LogP contribution < -0.4 is 5.32 Å². The van der Waals surface area contributed by atoms with Crippen molar-refractivity contribution in [2.45, 2.75) is 20.0 Å². The van der Waals surface area contributed by atoms with E-state index in [9.17, 15) is 4.39 Å². The van der Waals surface area contributed by atoms with Crippen molar-refractivity contribution in [2.75, 3.05) is 0 Å². The molecule has 1 N–H and O–H groups in total. The van der Waals surface area contributed by atoms with Gasteiger partial charge in [0.2, 0.25) is 0 Å². The first-order valence-electron chi connectivity index (χ1n) is 5.58. The van der Waals surface area contributed by atoms with Gasteiger partial charge < -0.3 is 5.32 Å². The Balaban J connectivity index is 1.90. The summed E-state index contributed by atoms with van der Waals surface area (Å²) >= 11 is 3.13. The average molecular weight is 310 g/mol. The Labute approximate surface area is 114 Å². The van der Waals surface area contributed by atoms with Crippen LogP contribution in [0.5, 0.6) is 0 Å². The van der Waals surface area contributed by atoms with Crippen molar-refractivity contribution in [2.24, 2.45) is 0 Å². The maximum atomic E-state index is 13.3. The van der Waals surface area contributed by atoms with Crippen molar-refractivity contribution in [3.63, 3.8) is 0 Å². The fourth-order valence-corrected chi connectivity index (χ4v) is 1.83. The van der Waals surface area contributed by atoms with Crippen LogP contribution in [-0.4, -0.2) is 9.97 Å². The fourth-order valence-electron chi connectivity index (χ4n) is 1.59. The van der Waals surface area contributed by atoms with Crippen molar-refractivity contribution in [1.29, 1.82) is 0 Å². The zero-order valence-electron chi connectivity index (χ0n) is 9.95. The van der Waals surface area contributed by atoms with E-state index >= 15 is 0 Å². The molecule has 0 radical (unpaired) electrons. The van der Waals surface area contributed by atoms with Gasteiger partial charge in [-0.1, -0.05) is 6.07 Å². The molecule has 0 spiro atoms. The van der Waals surface area contributed by atoms with Crippen molar-refractivity contribution < 1.29 is 4.39 Å². The van der Waals surface area contributed by atoms with Gasteiger partial charge in [0, 0.05) is 19.3 Å². The van der Waals surface area contributed by atoms with Crippen molar-refractivity contribution in [1.82, 2.24) is 15.3 Å². The van der Waals surface area contributed by atoms with E-state index in [1.54, 1.807) is 12.3 Å². The van der Waals surface area contributed by atoms with Gasteiger partial charge in [0.1, 0.15) is 11.6 Å². The van der Waals surface area contributed by atoms with Crippen LogP contribution in [0.25, 0.3) is 0 Å². The van der Waals surface area contributed by atoms with Crippen molar-refractivity contribution >= 4 is 15.9 Å². The first-order valence-corrected chi connectivity index (χ1v) is 6.37. The molecule has 1 aromatic carbocycles. The van der Waals surface area contributed by atoms with Gasteiger partial charge in [-0.3, -0.25) is 0 Å². The highest BCUT2D eigenvalue weighted by atomic mass is 79.9. The van der Waals surface area contributed by atoms with Crippen LogP contribution in [-0.2, 0) is 13.1 Å². The van der Waals surface area contributed by atoms with Gasteiger partial charge in [-0.05, 0) is 46.6 Å². The summed E-state index contributed by atoms with van der Waals surface area (Å²) in [5.41, 5.74) is 1.83. The van der Waals surface area contributed by atoms with Gasteiger partial charge in [0.25, 0.3) is 0 Å². The Morgan fingerprint density at radius 2 is 2.11 bits per heavy atom. The Hall–Kier alpha value is -1.33. The van der Waals surface area contributed by atoms with Crippen LogP contribution in [0.1, 0.15) is 17.1 Å². The first kappa shape index (κ1) is 13.1. The zero-order valence-corrected chi connectivity index (χ0v) is 11.5. The molecule has 0 aliphatic heterocycles. The average Bonchev–Trinajstić information content (AvgIpc) is 2.34. The van der Waals surface area contributed by atoms with E-state index < -0.39 is 0 Å². The third-order valence-electron chi connectivity index (χ3n) is 2.45. The second-order valence-electron chi connectivity index (χ2n) is 3.95.